The molecule has 1 heterocycles. The van der Waals surface area contributed by atoms with Gasteiger partial charge in [0.05, 0.1) is 12.8 Å². The highest BCUT2D eigenvalue weighted by Gasteiger charge is 2.36. The van der Waals surface area contributed by atoms with Crippen LogP contribution >= 0.6 is 31.9 Å². The Morgan fingerprint density at radius 1 is 0.738 bits per heavy atom. The maximum Gasteiger partial charge on any atom is 0.335 e. The molecule has 1 saturated heterocycles. The molecule has 1 fully saturated rings. The smallest absolute Gasteiger partial charge is 0.335 e. The van der Waals surface area contributed by atoms with E-state index in [-0.39, 0.29) is 5.57 Å². The normalized spacial score (nSPS) is 14.1. The molecule has 0 atom stereocenters. The van der Waals surface area contributed by atoms with E-state index < -0.39 is 17.8 Å². The standard InChI is InChI=1S/C32H24Br2N2O6/c1-40-29-17-22(6-15-28(29)42-19-21-4-9-24(34)10-5-21)16-27-30(37)35-32(39)36(31(27)38)25-11-13-26(14-12-25)41-18-20-2-7-23(33)8-3-20/h2-17H,18-19H2,1H3,(H,35,37,39)/b27-16+. The van der Waals surface area contributed by atoms with Gasteiger partial charge in [0, 0.05) is 8.95 Å². The minimum absolute atomic E-state index is 0.198. The van der Waals surface area contributed by atoms with Gasteiger partial charge in [-0.1, -0.05) is 62.2 Å². The number of halogens is 2. The molecule has 0 aromatic heterocycles. The largest absolute Gasteiger partial charge is 0.493 e. The molecule has 1 aliphatic heterocycles. The summed E-state index contributed by atoms with van der Waals surface area (Å²) >= 11 is 6.82. The Hall–Kier alpha value is -4.41. The van der Waals surface area contributed by atoms with Crippen LogP contribution in [0.25, 0.3) is 6.08 Å². The van der Waals surface area contributed by atoms with Crippen molar-refractivity contribution in [1.82, 2.24) is 5.32 Å². The van der Waals surface area contributed by atoms with Crippen LogP contribution in [0.1, 0.15) is 16.7 Å². The third kappa shape index (κ3) is 6.89. The Labute approximate surface area is 259 Å². The van der Waals surface area contributed by atoms with Gasteiger partial charge >= 0.3 is 6.03 Å². The van der Waals surface area contributed by atoms with E-state index in [1.165, 1.54) is 13.2 Å². The number of ether oxygens (including phenoxy) is 3. The van der Waals surface area contributed by atoms with Crippen LogP contribution in [-0.4, -0.2) is 25.0 Å². The Morgan fingerprint density at radius 2 is 1.33 bits per heavy atom. The van der Waals surface area contributed by atoms with Crippen LogP contribution in [0.15, 0.2) is 106 Å². The van der Waals surface area contributed by atoms with Gasteiger partial charge in [-0.25, -0.2) is 9.69 Å². The lowest BCUT2D eigenvalue weighted by atomic mass is 10.1. The number of carbonyl (C=O) groups excluding carboxylic acids is 3. The lowest BCUT2D eigenvalue weighted by Gasteiger charge is -2.26. The molecule has 10 heteroatoms. The molecule has 212 valence electrons. The fraction of sp³-hybridized carbons (Fsp3) is 0.0938. The second-order valence-electron chi connectivity index (χ2n) is 9.19. The van der Waals surface area contributed by atoms with E-state index in [1.54, 1.807) is 42.5 Å². The lowest BCUT2D eigenvalue weighted by molar-refractivity contribution is -0.122. The third-order valence-electron chi connectivity index (χ3n) is 6.32. The average molecular weight is 692 g/mol. The van der Waals surface area contributed by atoms with Crippen LogP contribution in [0.4, 0.5) is 10.5 Å². The van der Waals surface area contributed by atoms with Crippen LogP contribution in [-0.2, 0) is 22.8 Å². The maximum atomic E-state index is 13.4. The molecule has 8 nitrogen and oxygen atoms in total. The van der Waals surface area contributed by atoms with Crippen LogP contribution in [0.3, 0.4) is 0 Å². The van der Waals surface area contributed by atoms with Crippen molar-refractivity contribution in [3.8, 4) is 17.2 Å². The SMILES string of the molecule is COc1cc(/C=C2\C(=O)NC(=O)N(c3ccc(OCc4ccc(Br)cc4)cc3)C2=O)ccc1OCc1ccc(Br)cc1. The predicted molar refractivity (Wildman–Crippen MR) is 165 cm³/mol. The van der Waals surface area contributed by atoms with Gasteiger partial charge in [-0.2, -0.15) is 0 Å². The molecule has 0 radical (unpaired) electrons. The molecular formula is C32H24Br2N2O6. The maximum absolute atomic E-state index is 13.4. The first-order valence-corrected chi connectivity index (χ1v) is 14.3. The molecule has 0 spiro atoms. The van der Waals surface area contributed by atoms with Gasteiger partial charge in [0.25, 0.3) is 11.8 Å². The Morgan fingerprint density at radius 3 is 1.93 bits per heavy atom. The average Bonchev–Trinajstić information content (AvgIpc) is 2.99. The second kappa shape index (κ2) is 13.1. The fourth-order valence-electron chi connectivity index (χ4n) is 4.13. The first-order chi connectivity index (χ1) is 20.3. The van der Waals surface area contributed by atoms with Gasteiger partial charge in [-0.3, -0.25) is 14.9 Å². The number of urea groups is 1. The van der Waals surface area contributed by atoms with E-state index in [4.69, 9.17) is 14.2 Å². The zero-order valence-electron chi connectivity index (χ0n) is 22.3. The molecule has 0 aliphatic carbocycles. The topological polar surface area (TPSA) is 94.2 Å². The Balaban J connectivity index is 1.30. The first-order valence-electron chi connectivity index (χ1n) is 12.7. The summed E-state index contributed by atoms with van der Waals surface area (Å²) in [4.78, 5) is 39.6. The zero-order chi connectivity index (χ0) is 29.6. The number of rotatable bonds is 9. The monoisotopic (exact) mass is 690 g/mol. The Bertz CT molecular complexity index is 1650. The summed E-state index contributed by atoms with van der Waals surface area (Å²) in [5.74, 6) is -0.0435. The summed E-state index contributed by atoms with van der Waals surface area (Å²) in [5, 5.41) is 2.24. The molecule has 4 amide bonds. The zero-order valence-corrected chi connectivity index (χ0v) is 25.5. The number of barbiturate groups is 1. The molecule has 4 aromatic carbocycles. The highest BCUT2D eigenvalue weighted by Crippen LogP contribution is 2.31. The second-order valence-corrected chi connectivity index (χ2v) is 11.0. The molecule has 42 heavy (non-hydrogen) atoms. The molecule has 5 rings (SSSR count). The molecule has 0 saturated carbocycles. The van der Waals surface area contributed by atoms with Crippen molar-refractivity contribution in [3.05, 3.63) is 122 Å². The number of methoxy groups -OCH3 is 1. The number of nitrogens with zero attached hydrogens (tertiary/aromatic N) is 1. The van der Waals surface area contributed by atoms with Crippen LogP contribution in [0.2, 0.25) is 0 Å². The van der Waals surface area contributed by atoms with Crippen molar-refractivity contribution in [2.45, 2.75) is 13.2 Å². The van der Waals surface area contributed by atoms with Gasteiger partial charge in [-0.05, 0) is 83.4 Å². The number of nitrogens with one attached hydrogen (secondary N) is 1. The Kier molecular flexibility index (Phi) is 9.04. The highest BCUT2D eigenvalue weighted by atomic mass is 79.9. The van der Waals surface area contributed by atoms with E-state index in [0.29, 0.717) is 41.7 Å². The number of benzene rings is 4. The van der Waals surface area contributed by atoms with Crippen molar-refractivity contribution in [3.63, 3.8) is 0 Å². The van der Waals surface area contributed by atoms with Crippen molar-refractivity contribution in [2.75, 3.05) is 12.0 Å². The van der Waals surface area contributed by atoms with E-state index in [2.05, 4.69) is 37.2 Å². The molecule has 0 unspecified atom stereocenters. The van der Waals surface area contributed by atoms with Gasteiger partial charge in [0.1, 0.15) is 24.5 Å². The van der Waals surface area contributed by atoms with E-state index in [1.807, 2.05) is 48.5 Å². The van der Waals surface area contributed by atoms with Crippen LogP contribution in [0.5, 0.6) is 17.2 Å². The van der Waals surface area contributed by atoms with E-state index in [9.17, 15) is 14.4 Å². The summed E-state index contributed by atoms with van der Waals surface area (Å²) in [5.41, 5.74) is 2.58. The first kappa shape index (κ1) is 29.1. The minimum Gasteiger partial charge on any atom is -0.493 e. The molecule has 0 bridgehead atoms. The predicted octanol–water partition coefficient (Wildman–Crippen LogP) is 7.04. The number of imide groups is 2. The number of hydrogen-bond donors (Lipinski definition) is 1. The van der Waals surface area contributed by atoms with Crippen LogP contribution in [0, 0.1) is 0 Å². The van der Waals surface area contributed by atoms with Crippen molar-refractivity contribution in [2.24, 2.45) is 0 Å². The van der Waals surface area contributed by atoms with Gasteiger partial charge in [-0.15, -0.1) is 0 Å². The van der Waals surface area contributed by atoms with Crippen molar-refractivity contribution < 1.29 is 28.6 Å². The third-order valence-corrected chi connectivity index (χ3v) is 7.38. The number of carbonyl (C=O) groups is 3. The summed E-state index contributed by atoms with van der Waals surface area (Å²) in [7, 11) is 1.50. The molecule has 1 N–H and O–H groups in total. The summed E-state index contributed by atoms with van der Waals surface area (Å²) in [6.07, 6.45) is 1.41. The lowest BCUT2D eigenvalue weighted by Crippen LogP contribution is -2.54. The number of anilines is 1. The molecule has 4 aromatic rings. The molecular weight excluding hydrogens is 668 g/mol. The van der Waals surface area contributed by atoms with Crippen molar-refractivity contribution >= 4 is 61.5 Å². The summed E-state index contributed by atoms with van der Waals surface area (Å²) in [6.45, 7) is 0.685. The van der Waals surface area contributed by atoms with E-state index >= 15 is 0 Å². The van der Waals surface area contributed by atoms with Crippen LogP contribution < -0.4 is 24.4 Å². The quantitative estimate of drug-likeness (QED) is 0.149. The van der Waals surface area contributed by atoms with Gasteiger partial charge in [0.15, 0.2) is 11.5 Å². The fourth-order valence-corrected chi connectivity index (χ4v) is 4.66. The minimum atomic E-state index is -0.833. The summed E-state index contributed by atoms with van der Waals surface area (Å²) in [6, 6.07) is 26.2. The highest BCUT2D eigenvalue weighted by molar-refractivity contribution is 9.10. The van der Waals surface area contributed by atoms with Gasteiger partial charge < -0.3 is 14.2 Å². The number of amides is 4. The number of hydrogen-bond acceptors (Lipinski definition) is 6. The van der Waals surface area contributed by atoms with Crippen molar-refractivity contribution in [1.29, 1.82) is 0 Å². The summed E-state index contributed by atoms with van der Waals surface area (Å²) < 4.78 is 19.2. The molecule has 1 aliphatic rings. The van der Waals surface area contributed by atoms with E-state index in [0.717, 1.165) is 25.0 Å². The van der Waals surface area contributed by atoms with Gasteiger partial charge in [0.2, 0.25) is 0 Å².